The van der Waals surface area contributed by atoms with Crippen molar-refractivity contribution in [1.82, 2.24) is 10.2 Å². The Hall–Kier alpha value is -2.60. The summed E-state index contributed by atoms with van der Waals surface area (Å²) in [6, 6.07) is 14.3. The lowest BCUT2D eigenvalue weighted by Crippen LogP contribution is -2.40. The number of rotatable bonds is 6. The van der Waals surface area contributed by atoms with E-state index in [4.69, 9.17) is 4.74 Å². The van der Waals surface area contributed by atoms with Gasteiger partial charge >= 0.3 is 6.03 Å². The first-order valence-electron chi connectivity index (χ1n) is 8.56. The van der Waals surface area contributed by atoms with E-state index in [2.05, 4.69) is 27.8 Å². The molecule has 0 spiro atoms. The Morgan fingerprint density at radius 1 is 1.15 bits per heavy atom. The SMILES string of the molecule is C=C(C)COc1ccc(C2(C)NC(=O)N(Cc3ccc(Br)cc3)C2=O)cc1. The minimum atomic E-state index is -1.10. The highest BCUT2D eigenvalue weighted by atomic mass is 79.9. The van der Waals surface area contributed by atoms with Gasteiger partial charge in [-0.15, -0.1) is 0 Å². The van der Waals surface area contributed by atoms with E-state index in [1.807, 2.05) is 31.2 Å². The molecule has 0 radical (unpaired) electrons. The van der Waals surface area contributed by atoms with Crippen LogP contribution in [0.15, 0.2) is 65.2 Å². The number of nitrogens with zero attached hydrogens (tertiary/aromatic N) is 1. The Bertz CT molecular complexity index is 877. The number of carbonyl (C=O) groups is 2. The lowest BCUT2D eigenvalue weighted by atomic mass is 9.92. The van der Waals surface area contributed by atoms with Crippen LogP contribution in [0.2, 0.25) is 0 Å². The maximum atomic E-state index is 13.0. The van der Waals surface area contributed by atoms with Gasteiger partial charge in [0.15, 0.2) is 0 Å². The summed E-state index contributed by atoms with van der Waals surface area (Å²) in [4.78, 5) is 26.7. The molecule has 2 aromatic carbocycles. The average Bonchev–Trinajstić information content (AvgIpc) is 2.86. The van der Waals surface area contributed by atoms with Crippen molar-refractivity contribution in [2.24, 2.45) is 0 Å². The highest BCUT2D eigenvalue weighted by Crippen LogP contribution is 2.31. The van der Waals surface area contributed by atoms with Crippen molar-refractivity contribution >= 4 is 27.9 Å². The van der Waals surface area contributed by atoms with Crippen LogP contribution in [-0.2, 0) is 16.9 Å². The van der Waals surface area contributed by atoms with E-state index in [0.717, 1.165) is 15.6 Å². The first-order chi connectivity index (χ1) is 12.8. The number of carbonyl (C=O) groups excluding carboxylic acids is 2. The largest absolute Gasteiger partial charge is 0.489 e. The van der Waals surface area contributed by atoms with Crippen LogP contribution in [0.5, 0.6) is 5.75 Å². The van der Waals surface area contributed by atoms with Crippen LogP contribution in [0.4, 0.5) is 4.79 Å². The molecule has 6 heteroatoms. The van der Waals surface area contributed by atoms with Gasteiger partial charge < -0.3 is 10.1 Å². The summed E-state index contributed by atoms with van der Waals surface area (Å²) in [6.07, 6.45) is 0. The quantitative estimate of drug-likeness (QED) is 0.548. The molecule has 1 heterocycles. The second-order valence-electron chi connectivity index (χ2n) is 6.84. The number of ether oxygens (including phenoxy) is 1. The van der Waals surface area contributed by atoms with E-state index in [-0.39, 0.29) is 12.5 Å². The smallest absolute Gasteiger partial charge is 0.325 e. The number of amides is 3. The predicted molar refractivity (Wildman–Crippen MR) is 107 cm³/mol. The van der Waals surface area contributed by atoms with Gasteiger partial charge in [-0.05, 0) is 54.8 Å². The molecule has 1 fully saturated rings. The van der Waals surface area contributed by atoms with E-state index >= 15 is 0 Å². The first kappa shape index (κ1) is 19.2. The molecule has 1 aliphatic heterocycles. The molecule has 140 valence electrons. The minimum absolute atomic E-state index is 0.230. The van der Waals surface area contributed by atoms with Crippen molar-refractivity contribution in [2.45, 2.75) is 25.9 Å². The second kappa shape index (κ2) is 7.56. The minimum Gasteiger partial charge on any atom is -0.489 e. The number of nitrogens with one attached hydrogen (secondary N) is 1. The summed E-state index contributed by atoms with van der Waals surface area (Å²) in [5, 5.41) is 2.82. The van der Waals surface area contributed by atoms with E-state index in [0.29, 0.717) is 17.9 Å². The second-order valence-corrected chi connectivity index (χ2v) is 7.76. The zero-order valence-electron chi connectivity index (χ0n) is 15.3. The summed E-state index contributed by atoms with van der Waals surface area (Å²) in [7, 11) is 0. The van der Waals surface area contributed by atoms with Crippen molar-refractivity contribution in [1.29, 1.82) is 0 Å². The molecule has 0 aliphatic carbocycles. The first-order valence-corrected chi connectivity index (χ1v) is 9.35. The topological polar surface area (TPSA) is 58.6 Å². The molecule has 1 aliphatic rings. The van der Waals surface area contributed by atoms with E-state index < -0.39 is 11.6 Å². The maximum Gasteiger partial charge on any atom is 0.325 e. The zero-order chi connectivity index (χ0) is 19.6. The summed E-state index contributed by atoms with van der Waals surface area (Å²) < 4.78 is 6.54. The van der Waals surface area contributed by atoms with Gasteiger partial charge in [0, 0.05) is 4.47 Å². The normalized spacial score (nSPS) is 19.1. The standard InChI is InChI=1S/C21H21BrN2O3/c1-14(2)13-27-18-10-6-16(7-11-18)21(3)19(25)24(20(26)23-21)12-15-4-8-17(22)9-5-15/h4-11H,1,12-13H2,2-3H3,(H,23,26). The number of urea groups is 1. The Labute approximate surface area is 167 Å². The van der Waals surface area contributed by atoms with Gasteiger partial charge in [-0.2, -0.15) is 0 Å². The highest BCUT2D eigenvalue weighted by molar-refractivity contribution is 9.10. The molecule has 1 N–H and O–H groups in total. The molecule has 2 aromatic rings. The molecule has 27 heavy (non-hydrogen) atoms. The van der Waals surface area contributed by atoms with E-state index in [1.165, 1.54) is 4.90 Å². The molecule has 0 aromatic heterocycles. The summed E-state index contributed by atoms with van der Waals surface area (Å²) >= 11 is 3.38. The number of halogens is 1. The van der Waals surface area contributed by atoms with Crippen LogP contribution in [0, 0.1) is 0 Å². The number of imide groups is 1. The van der Waals surface area contributed by atoms with Gasteiger partial charge in [-0.3, -0.25) is 9.69 Å². The Kier molecular flexibility index (Phi) is 5.37. The summed E-state index contributed by atoms with van der Waals surface area (Å²) in [5.41, 5.74) is 1.42. The monoisotopic (exact) mass is 428 g/mol. The number of hydrogen-bond donors (Lipinski definition) is 1. The molecule has 1 saturated heterocycles. The number of benzene rings is 2. The van der Waals surface area contributed by atoms with E-state index in [1.54, 1.807) is 31.2 Å². The van der Waals surface area contributed by atoms with Crippen molar-refractivity contribution in [3.63, 3.8) is 0 Å². The fourth-order valence-corrected chi connectivity index (χ4v) is 3.16. The summed E-state index contributed by atoms with van der Waals surface area (Å²) in [6.45, 7) is 8.08. The van der Waals surface area contributed by atoms with Crippen LogP contribution in [0.25, 0.3) is 0 Å². The molecule has 1 unspecified atom stereocenters. The molecule has 3 amide bonds. The number of hydrogen-bond acceptors (Lipinski definition) is 3. The molecule has 0 saturated carbocycles. The molecular weight excluding hydrogens is 408 g/mol. The van der Waals surface area contributed by atoms with Gasteiger partial charge in [-0.25, -0.2) is 4.79 Å². The van der Waals surface area contributed by atoms with Crippen LogP contribution in [-0.4, -0.2) is 23.4 Å². The molecule has 3 rings (SSSR count). The zero-order valence-corrected chi connectivity index (χ0v) is 16.9. The van der Waals surface area contributed by atoms with Crippen molar-refractivity contribution < 1.29 is 14.3 Å². The van der Waals surface area contributed by atoms with Crippen molar-refractivity contribution in [3.8, 4) is 5.75 Å². The predicted octanol–water partition coefficient (Wildman–Crippen LogP) is 4.37. The van der Waals surface area contributed by atoms with Crippen molar-refractivity contribution in [3.05, 3.63) is 76.3 Å². The summed E-state index contributed by atoms with van der Waals surface area (Å²) in [5.74, 6) is 0.417. The van der Waals surface area contributed by atoms with Gasteiger partial charge in [0.25, 0.3) is 5.91 Å². The molecule has 5 nitrogen and oxygen atoms in total. The Morgan fingerprint density at radius 3 is 2.37 bits per heavy atom. The Balaban J connectivity index is 1.77. The van der Waals surface area contributed by atoms with Crippen LogP contribution in [0.1, 0.15) is 25.0 Å². The maximum absolute atomic E-state index is 13.0. The molecule has 1 atom stereocenters. The van der Waals surface area contributed by atoms with Crippen LogP contribution >= 0.6 is 15.9 Å². The highest BCUT2D eigenvalue weighted by Gasteiger charge is 2.48. The third-order valence-corrected chi connectivity index (χ3v) is 4.97. The average molecular weight is 429 g/mol. The molecule has 0 bridgehead atoms. The van der Waals surface area contributed by atoms with Crippen molar-refractivity contribution in [2.75, 3.05) is 6.61 Å². The fraction of sp³-hybridized carbons (Fsp3) is 0.238. The lowest BCUT2D eigenvalue weighted by molar-refractivity contribution is -0.131. The lowest BCUT2D eigenvalue weighted by Gasteiger charge is -2.22. The third kappa shape index (κ3) is 4.06. The van der Waals surface area contributed by atoms with Gasteiger partial charge in [-0.1, -0.05) is 46.8 Å². The van der Waals surface area contributed by atoms with Gasteiger partial charge in [0.1, 0.15) is 17.9 Å². The Morgan fingerprint density at radius 2 is 1.78 bits per heavy atom. The fourth-order valence-electron chi connectivity index (χ4n) is 2.90. The van der Waals surface area contributed by atoms with Gasteiger partial charge in [0.2, 0.25) is 0 Å². The van der Waals surface area contributed by atoms with Gasteiger partial charge in [0.05, 0.1) is 6.54 Å². The van der Waals surface area contributed by atoms with E-state index in [9.17, 15) is 9.59 Å². The van der Waals surface area contributed by atoms with Crippen LogP contribution < -0.4 is 10.1 Å². The van der Waals surface area contributed by atoms with Crippen LogP contribution in [0.3, 0.4) is 0 Å². The molecular formula is C21H21BrN2O3. The third-order valence-electron chi connectivity index (χ3n) is 4.45.